The van der Waals surface area contributed by atoms with Gasteiger partial charge in [-0.25, -0.2) is 4.79 Å². The van der Waals surface area contributed by atoms with Gasteiger partial charge in [-0.05, 0) is 23.8 Å². The summed E-state index contributed by atoms with van der Waals surface area (Å²) in [5.41, 5.74) is 1.06. The molecule has 0 radical (unpaired) electrons. The highest BCUT2D eigenvalue weighted by atomic mass is 16.7. The summed E-state index contributed by atoms with van der Waals surface area (Å²) in [6.07, 6.45) is 2.95. The molecular weight excluding hydrogens is 240 g/mol. The van der Waals surface area contributed by atoms with Crippen molar-refractivity contribution in [3.63, 3.8) is 0 Å². The van der Waals surface area contributed by atoms with E-state index in [4.69, 9.17) is 9.47 Å². The molecule has 19 heavy (non-hydrogen) atoms. The third-order valence-electron chi connectivity index (χ3n) is 2.35. The Labute approximate surface area is 112 Å². The lowest BCUT2D eigenvalue weighted by Gasteiger charge is -2.03. The average molecular weight is 254 g/mol. The van der Waals surface area contributed by atoms with Crippen molar-refractivity contribution < 1.29 is 14.3 Å². The van der Waals surface area contributed by atoms with Gasteiger partial charge in [-0.1, -0.05) is 54.6 Å². The smallest absolute Gasteiger partial charge is 0.430 e. The van der Waals surface area contributed by atoms with Crippen LogP contribution in [0.2, 0.25) is 0 Å². The summed E-state index contributed by atoms with van der Waals surface area (Å²) in [7, 11) is 0. The van der Waals surface area contributed by atoms with Gasteiger partial charge in [-0.3, -0.25) is 0 Å². The van der Waals surface area contributed by atoms with Crippen molar-refractivity contribution in [2.24, 2.45) is 0 Å². The van der Waals surface area contributed by atoms with E-state index in [0.29, 0.717) is 5.75 Å². The molecule has 0 atom stereocenters. The first-order valence-electron chi connectivity index (χ1n) is 5.96. The Bertz CT molecular complexity index is 532. The van der Waals surface area contributed by atoms with Gasteiger partial charge in [0, 0.05) is 0 Å². The molecule has 0 aliphatic carbocycles. The second-order valence-corrected chi connectivity index (χ2v) is 3.79. The van der Waals surface area contributed by atoms with Gasteiger partial charge in [0.05, 0.1) is 0 Å². The van der Waals surface area contributed by atoms with Gasteiger partial charge in [0.2, 0.25) is 0 Å². The highest BCUT2D eigenvalue weighted by molar-refractivity contribution is 5.64. The van der Waals surface area contributed by atoms with Crippen LogP contribution in [0.1, 0.15) is 5.56 Å². The molecule has 0 amide bonds. The van der Waals surface area contributed by atoms with Gasteiger partial charge in [-0.2, -0.15) is 0 Å². The second kappa shape index (κ2) is 7.01. The van der Waals surface area contributed by atoms with Gasteiger partial charge >= 0.3 is 6.16 Å². The molecule has 0 aliphatic heterocycles. The molecule has 2 aromatic carbocycles. The number of ether oxygens (including phenoxy) is 2. The van der Waals surface area contributed by atoms with Gasteiger partial charge in [0.1, 0.15) is 12.4 Å². The fourth-order valence-electron chi connectivity index (χ4n) is 1.48. The van der Waals surface area contributed by atoms with Crippen LogP contribution in [-0.4, -0.2) is 12.8 Å². The zero-order valence-corrected chi connectivity index (χ0v) is 10.4. The Morgan fingerprint density at radius 3 is 2.26 bits per heavy atom. The Kier molecular flexibility index (Phi) is 4.76. The first-order valence-corrected chi connectivity index (χ1v) is 5.96. The minimum atomic E-state index is -0.705. The quantitative estimate of drug-likeness (QED) is 0.613. The zero-order chi connectivity index (χ0) is 13.3. The lowest BCUT2D eigenvalue weighted by Crippen LogP contribution is -2.10. The Morgan fingerprint density at radius 1 is 0.947 bits per heavy atom. The second-order valence-electron chi connectivity index (χ2n) is 3.79. The average Bonchev–Trinajstić information content (AvgIpc) is 2.46. The van der Waals surface area contributed by atoms with Gasteiger partial charge in [0.15, 0.2) is 0 Å². The van der Waals surface area contributed by atoms with Crippen molar-refractivity contribution >= 4 is 12.2 Å². The topological polar surface area (TPSA) is 35.5 Å². The van der Waals surface area contributed by atoms with Crippen LogP contribution in [0.25, 0.3) is 6.08 Å². The van der Waals surface area contributed by atoms with Crippen LogP contribution in [0.4, 0.5) is 4.79 Å². The van der Waals surface area contributed by atoms with Crippen LogP contribution in [0.3, 0.4) is 0 Å². The summed E-state index contributed by atoms with van der Waals surface area (Å²) < 4.78 is 9.89. The largest absolute Gasteiger partial charge is 0.514 e. The predicted molar refractivity (Wildman–Crippen MR) is 73.9 cm³/mol. The zero-order valence-electron chi connectivity index (χ0n) is 10.4. The number of rotatable bonds is 4. The van der Waals surface area contributed by atoms with E-state index in [9.17, 15) is 4.79 Å². The van der Waals surface area contributed by atoms with E-state index in [0.717, 1.165) is 5.56 Å². The van der Waals surface area contributed by atoms with Crippen LogP contribution < -0.4 is 4.74 Å². The lowest BCUT2D eigenvalue weighted by atomic mass is 10.2. The molecule has 0 saturated heterocycles. The van der Waals surface area contributed by atoms with E-state index in [-0.39, 0.29) is 6.61 Å². The molecule has 0 aromatic heterocycles. The van der Waals surface area contributed by atoms with E-state index < -0.39 is 6.16 Å². The summed E-state index contributed by atoms with van der Waals surface area (Å²) >= 11 is 0. The van der Waals surface area contributed by atoms with Crippen LogP contribution in [0.5, 0.6) is 5.75 Å². The fourth-order valence-corrected chi connectivity index (χ4v) is 1.48. The van der Waals surface area contributed by atoms with Crippen LogP contribution in [0.15, 0.2) is 66.7 Å². The molecule has 0 saturated carbocycles. The maximum atomic E-state index is 11.3. The first-order chi connectivity index (χ1) is 9.34. The molecule has 0 N–H and O–H groups in total. The number of benzene rings is 2. The summed E-state index contributed by atoms with van der Waals surface area (Å²) in [5, 5.41) is 0. The molecule has 0 fully saturated rings. The molecule has 0 bridgehead atoms. The van der Waals surface area contributed by atoms with E-state index in [1.165, 1.54) is 0 Å². The normalized spacial score (nSPS) is 10.3. The van der Waals surface area contributed by atoms with E-state index in [1.807, 2.05) is 42.5 Å². The van der Waals surface area contributed by atoms with Crippen molar-refractivity contribution in [1.82, 2.24) is 0 Å². The van der Waals surface area contributed by atoms with Crippen LogP contribution in [-0.2, 0) is 4.74 Å². The molecule has 0 aliphatic rings. The molecule has 0 unspecified atom stereocenters. The lowest BCUT2D eigenvalue weighted by molar-refractivity contribution is 0.110. The summed E-state index contributed by atoms with van der Waals surface area (Å²) in [6.45, 7) is 0.181. The Hall–Kier alpha value is -2.55. The van der Waals surface area contributed by atoms with Crippen LogP contribution >= 0.6 is 0 Å². The van der Waals surface area contributed by atoms with Crippen LogP contribution in [0, 0.1) is 0 Å². The Balaban J connectivity index is 1.74. The van der Waals surface area contributed by atoms with Gasteiger partial charge in [-0.15, -0.1) is 0 Å². The third-order valence-corrected chi connectivity index (χ3v) is 2.35. The minimum absolute atomic E-state index is 0.181. The molecule has 0 spiro atoms. The van der Waals surface area contributed by atoms with Crippen molar-refractivity contribution in [2.45, 2.75) is 0 Å². The van der Waals surface area contributed by atoms with Crippen molar-refractivity contribution in [3.05, 3.63) is 72.3 Å². The molecule has 3 nitrogen and oxygen atoms in total. The van der Waals surface area contributed by atoms with Crippen molar-refractivity contribution in [3.8, 4) is 5.75 Å². The van der Waals surface area contributed by atoms with Crippen molar-refractivity contribution in [1.29, 1.82) is 0 Å². The number of para-hydroxylation sites is 1. The van der Waals surface area contributed by atoms with E-state index >= 15 is 0 Å². The number of hydrogen-bond acceptors (Lipinski definition) is 3. The number of hydrogen-bond donors (Lipinski definition) is 0. The summed E-state index contributed by atoms with van der Waals surface area (Å²) in [4.78, 5) is 11.3. The molecule has 0 heterocycles. The fraction of sp³-hybridized carbons (Fsp3) is 0.0625. The summed E-state index contributed by atoms with van der Waals surface area (Å²) in [6, 6.07) is 18.6. The highest BCUT2D eigenvalue weighted by Crippen LogP contribution is 2.09. The Morgan fingerprint density at radius 2 is 1.58 bits per heavy atom. The van der Waals surface area contributed by atoms with E-state index in [2.05, 4.69) is 0 Å². The standard InChI is InChI=1S/C16H14O3/c17-16(19-15-11-5-2-6-12-15)18-13-7-10-14-8-3-1-4-9-14/h1-12H,13H2. The van der Waals surface area contributed by atoms with Crippen molar-refractivity contribution in [2.75, 3.05) is 6.61 Å². The number of carbonyl (C=O) groups excluding carboxylic acids is 1. The molecule has 2 aromatic rings. The maximum absolute atomic E-state index is 11.3. The first kappa shape index (κ1) is 12.9. The highest BCUT2D eigenvalue weighted by Gasteiger charge is 2.03. The third kappa shape index (κ3) is 4.68. The number of carbonyl (C=O) groups is 1. The molecular formula is C16H14O3. The van der Waals surface area contributed by atoms with E-state index in [1.54, 1.807) is 30.3 Å². The molecule has 3 heteroatoms. The van der Waals surface area contributed by atoms with Gasteiger partial charge < -0.3 is 9.47 Å². The molecule has 96 valence electrons. The van der Waals surface area contributed by atoms with Gasteiger partial charge in [0.25, 0.3) is 0 Å². The maximum Gasteiger partial charge on any atom is 0.514 e. The minimum Gasteiger partial charge on any atom is -0.430 e. The molecule has 2 rings (SSSR count). The monoisotopic (exact) mass is 254 g/mol. The predicted octanol–water partition coefficient (Wildman–Crippen LogP) is 3.92. The SMILES string of the molecule is O=C(OCC=Cc1ccccc1)Oc1ccccc1. The summed E-state index contributed by atoms with van der Waals surface area (Å²) in [5.74, 6) is 0.472.